The first-order chi connectivity index (χ1) is 15.2. The van der Waals surface area contributed by atoms with Gasteiger partial charge in [-0.05, 0) is 81.3 Å². The second-order valence-electron chi connectivity index (χ2n) is 11.0. The number of carbonyl (C=O) groups excluding carboxylic acids is 3. The van der Waals surface area contributed by atoms with Gasteiger partial charge in [-0.2, -0.15) is 0 Å². The zero-order valence-corrected chi connectivity index (χ0v) is 19.7. The van der Waals surface area contributed by atoms with Gasteiger partial charge in [0.15, 0.2) is 0 Å². The Morgan fingerprint density at radius 2 is 1.53 bits per heavy atom. The molecule has 4 aliphatic carbocycles. The third-order valence-corrected chi connectivity index (χ3v) is 7.48. The van der Waals surface area contributed by atoms with Crippen molar-refractivity contribution in [1.82, 2.24) is 10.2 Å². The zero-order valence-electron chi connectivity index (χ0n) is 19.7. The molecular formula is C26H37N3O3. The molecule has 6 nitrogen and oxygen atoms in total. The number of nitrogens with one attached hydrogen (secondary N) is 2. The first-order valence-corrected chi connectivity index (χ1v) is 12.1. The first-order valence-electron chi connectivity index (χ1n) is 12.1. The van der Waals surface area contributed by atoms with E-state index in [1.165, 1.54) is 19.3 Å². The number of rotatable bonds is 8. The van der Waals surface area contributed by atoms with Crippen LogP contribution in [0, 0.1) is 36.0 Å². The third-order valence-electron chi connectivity index (χ3n) is 7.48. The van der Waals surface area contributed by atoms with E-state index in [9.17, 15) is 14.4 Å². The van der Waals surface area contributed by atoms with Crippen LogP contribution in [0.5, 0.6) is 0 Å². The third kappa shape index (κ3) is 5.16. The fourth-order valence-corrected chi connectivity index (χ4v) is 6.62. The lowest BCUT2D eigenvalue weighted by atomic mass is 9.49. The summed E-state index contributed by atoms with van der Waals surface area (Å²) in [6.45, 7) is 6.63. The summed E-state index contributed by atoms with van der Waals surface area (Å²) < 4.78 is 0. The molecule has 6 heteroatoms. The average Bonchev–Trinajstić information content (AvgIpc) is 2.71. The molecule has 0 saturated heterocycles. The Labute approximate surface area is 191 Å². The number of carbonyl (C=O) groups is 3. The lowest BCUT2D eigenvalue weighted by molar-refractivity contribution is -0.159. The quantitative estimate of drug-likeness (QED) is 0.648. The van der Waals surface area contributed by atoms with Crippen molar-refractivity contribution in [2.75, 3.05) is 25.0 Å². The molecule has 2 N–H and O–H groups in total. The van der Waals surface area contributed by atoms with Crippen LogP contribution < -0.4 is 10.6 Å². The maximum atomic E-state index is 13.7. The minimum atomic E-state index is -0.275. The Bertz CT molecular complexity index is 826. The van der Waals surface area contributed by atoms with Gasteiger partial charge >= 0.3 is 0 Å². The van der Waals surface area contributed by atoms with Crippen molar-refractivity contribution in [3.63, 3.8) is 0 Å². The van der Waals surface area contributed by atoms with E-state index in [-0.39, 0.29) is 42.1 Å². The largest absolute Gasteiger partial charge is 0.345 e. The van der Waals surface area contributed by atoms with Crippen LogP contribution in [-0.4, -0.2) is 42.3 Å². The molecule has 4 saturated carbocycles. The highest BCUT2D eigenvalue weighted by Gasteiger charge is 2.55. The highest BCUT2D eigenvalue weighted by molar-refractivity contribution is 5.95. The van der Waals surface area contributed by atoms with E-state index >= 15 is 0 Å². The second kappa shape index (κ2) is 9.24. The maximum absolute atomic E-state index is 13.7. The van der Waals surface area contributed by atoms with Crippen LogP contribution in [0.25, 0.3) is 0 Å². The Morgan fingerprint density at radius 1 is 0.969 bits per heavy atom. The Hall–Kier alpha value is -2.37. The molecule has 0 radical (unpaired) electrons. The molecule has 0 heterocycles. The van der Waals surface area contributed by atoms with E-state index in [4.69, 9.17) is 0 Å². The smallest absolute Gasteiger partial charge is 0.243 e. The number of nitrogens with zero attached hydrogens (tertiary/aromatic N) is 1. The van der Waals surface area contributed by atoms with E-state index in [1.807, 2.05) is 31.2 Å². The molecule has 0 unspecified atom stereocenters. The number of hydrogen-bond acceptors (Lipinski definition) is 3. The van der Waals surface area contributed by atoms with Gasteiger partial charge in [0.25, 0.3) is 0 Å². The van der Waals surface area contributed by atoms with Crippen LogP contribution in [0.15, 0.2) is 24.3 Å². The number of benzene rings is 1. The summed E-state index contributed by atoms with van der Waals surface area (Å²) in [5.41, 5.74) is 1.56. The highest BCUT2D eigenvalue weighted by Crippen LogP contribution is 2.60. The van der Waals surface area contributed by atoms with Crippen LogP contribution in [-0.2, 0) is 14.4 Å². The van der Waals surface area contributed by atoms with E-state index < -0.39 is 0 Å². The van der Waals surface area contributed by atoms with Crippen LogP contribution in [0.2, 0.25) is 0 Å². The van der Waals surface area contributed by atoms with Gasteiger partial charge in [0, 0.05) is 12.2 Å². The molecule has 0 spiro atoms. The van der Waals surface area contributed by atoms with Crippen LogP contribution in [0.4, 0.5) is 5.69 Å². The topological polar surface area (TPSA) is 78.5 Å². The summed E-state index contributed by atoms with van der Waals surface area (Å²) in [5.74, 6) is 1.96. The van der Waals surface area contributed by atoms with Crippen molar-refractivity contribution >= 4 is 23.4 Å². The van der Waals surface area contributed by atoms with E-state index in [1.54, 1.807) is 4.90 Å². The van der Waals surface area contributed by atoms with Crippen LogP contribution >= 0.6 is 0 Å². The summed E-state index contributed by atoms with van der Waals surface area (Å²) in [6, 6.07) is 7.52. The molecule has 0 atom stereocenters. The van der Waals surface area contributed by atoms with Crippen molar-refractivity contribution < 1.29 is 14.4 Å². The molecule has 4 bridgehead atoms. The average molecular weight is 440 g/mol. The maximum Gasteiger partial charge on any atom is 0.243 e. The molecular weight excluding hydrogens is 402 g/mol. The van der Waals surface area contributed by atoms with E-state index in [0.29, 0.717) is 30.0 Å². The van der Waals surface area contributed by atoms with Gasteiger partial charge in [-0.25, -0.2) is 0 Å². The normalized spacial score (nSPS) is 27.9. The summed E-state index contributed by atoms with van der Waals surface area (Å²) in [7, 11) is 0. The minimum absolute atomic E-state index is 0.0244. The number of aryl methyl sites for hydroxylation is 1. The molecule has 4 fully saturated rings. The minimum Gasteiger partial charge on any atom is -0.345 e. The van der Waals surface area contributed by atoms with Crippen LogP contribution in [0.1, 0.15) is 57.9 Å². The molecule has 0 aliphatic heterocycles. The monoisotopic (exact) mass is 439 g/mol. The number of amides is 3. The van der Waals surface area contributed by atoms with Crippen molar-refractivity contribution in [3.05, 3.63) is 29.8 Å². The summed E-state index contributed by atoms with van der Waals surface area (Å²) in [5, 5.41) is 5.49. The van der Waals surface area contributed by atoms with Crippen molar-refractivity contribution in [1.29, 1.82) is 0 Å². The fourth-order valence-electron chi connectivity index (χ4n) is 6.62. The van der Waals surface area contributed by atoms with Gasteiger partial charge in [0.1, 0.15) is 0 Å². The van der Waals surface area contributed by atoms with Crippen molar-refractivity contribution in [2.24, 2.45) is 29.1 Å². The molecule has 1 aromatic carbocycles. The van der Waals surface area contributed by atoms with Gasteiger partial charge in [-0.3, -0.25) is 14.4 Å². The molecule has 4 aliphatic rings. The summed E-state index contributed by atoms with van der Waals surface area (Å²) >= 11 is 0. The SMILES string of the molecule is Cc1ccc(NC(=O)CNC(=O)CN(CC(C)C)C(=O)C23CC4CC(CC(C4)C2)C3)cc1. The molecule has 1 aromatic rings. The lowest BCUT2D eigenvalue weighted by Crippen LogP contribution is -2.56. The van der Waals surface area contributed by atoms with E-state index in [2.05, 4.69) is 24.5 Å². The predicted molar refractivity (Wildman–Crippen MR) is 125 cm³/mol. The van der Waals surface area contributed by atoms with Crippen molar-refractivity contribution in [3.8, 4) is 0 Å². The van der Waals surface area contributed by atoms with Gasteiger partial charge < -0.3 is 15.5 Å². The predicted octanol–water partition coefficient (Wildman–Crippen LogP) is 3.75. The van der Waals surface area contributed by atoms with Crippen LogP contribution in [0.3, 0.4) is 0 Å². The van der Waals surface area contributed by atoms with Gasteiger partial charge in [-0.1, -0.05) is 31.5 Å². The van der Waals surface area contributed by atoms with Crippen molar-refractivity contribution in [2.45, 2.75) is 59.3 Å². The van der Waals surface area contributed by atoms with Gasteiger partial charge in [0.05, 0.1) is 18.5 Å². The zero-order chi connectivity index (χ0) is 22.9. The second-order valence-corrected chi connectivity index (χ2v) is 11.0. The molecule has 0 aromatic heterocycles. The Kier molecular flexibility index (Phi) is 6.59. The molecule has 32 heavy (non-hydrogen) atoms. The van der Waals surface area contributed by atoms with Gasteiger partial charge in [0.2, 0.25) is 17.7 Å². The number of hydrogen-bond donors (Lipinski definition) is 2. The Balaban J connectivity index is 1.34. The Morgan fingerprint density at radius 3 is 2.06 bits per heavy atom. The first kappa shape index (κ1) is 22.8. The van der Waals surface area contributed by atoms with Gasteiger partial charge in [-0.15, -0.1) is 0 Å². The standard InChI is InChI=1S/C26H37N3O3/c1-17(2)15-29(25(32)26-11-19-8-20(12-26)10-21(9-19)13-26)16-24(31)27-14-23(30)28-22-6-4-18(3)5-7-22/h4-7,17,19-21H,8-16H2,1-3H3,(H,27,31)(H,28,30). The highest BCUT2D eigenvalue weighted by atomic mass is 16.2. The molecule has 3 amide bonds. The fraction of sp³-hybridized carbons (Fsp3) is 0.654. The molecule has 5 rings (SSSR count). The number of anilines is 1. The summed E-state index contributed by atoms with van der Waals surface area (Å²) in [4.78, 5) is 40.4. The summed E-state index contributed by atoms with van der Waals surface area (Å²) in [6.07, 6.45) is 6.83. The van der Waals surface area contributed by atoms with E-state index in [0.717, 1.165) is 24.8 Å². The lowest BCUT2D eigenvalue weighted by Gasteiger charge is -2.56. The molecule has 174 valence electrons.